The molecule has 0 spiro atoms. The van der Waals surface area contributed by atoms with E-state index in [2.05, 4.69) is 20.4 Å². The first-order valence-electron chi connectivity index (χ1n) is 11.4. The highest BCUT2D eigenvalue weighted by molar-refractivity contribution is 6.04. The molecule has 3 aromatic carbocycles. The van der Waals surface area contributed by atoms with E-state index in [1.165, 1.54) is 6.20 Å². The average Bonchev–Trinajstić information content (AvgIpc) is 3.43. The molecule has 0 bridgehead atoms. The maximum absolute atomic E-state index is 12.3. The average molecular weight is 480 g/mol. The third kappa shape index (κ3) is 4.83. The fourth-order valence-electron chi connectivity index (χ4n) is 3.99. The fourth-order valence-corrected chi connectivity index (χ4v) is 3.99. The first-order chi connectivity index (χ1) is 17.4. The fraction of sp³-hybridized carbons (Fsp3) is 0.107. The van der Waals surface area contributed by atoms with Gasteiger partial charge in [-0.2, -0.15) is 5.10 Å². The van der Waals surface area contributed by atoms with Gasteiger partial charge in [0.05, 0.1) is 23.0 Å². The van der Waals surface area contributed by atoms with Crippen LogP contribution in [0.2, 0.25) is 0 Å². The van der Waals surface area contributed by atoms with Gasteiger partial charge in [0.25, 0.3) is 5.91 Å². The van der Waals surface area contributed by atoms with Crippen molar-refractivity contribution in [3.8, 4) is 11.6 Å². The van der Waals surface area contributed by atoms with Crippen LogP contribution in [0, 0.1) is 6.92 Å². The minimum Gasteiger partial charge on any atom is -0.508 e. The van der Waals surface area contributed by atoms with E-state index >= 15 is 0 Å². The number of rotatable bonds is 6. The molecule has 0 aliphatic heterocycles. The summed E-state index contributed by atoms with van der Waals surface area (Å²) in [6, 6.07) is 18.9. The number of aromatic amines is 1. The van der Waals surface area contributed by atoms with Crippen molar-refractivity contribution < 1.29 is 15.0 Å². The number of carbonyl (C=O) groups excluding carboxylic acids is 1. The van der Waals surface area contributed by atoms with Crippen LogP contribution in [0.25, 0.3) is 10.9 Å². The molecular weight excluding hydrogens is 454 g/mol. The number of amides is 1. The maximum atomic E-state index is 12.3. The van der Waals surface area contributed by atoms with Gasteiger partial charge in [-0.25, -0.2) is 0 Å². The largest absolute Gasteiger partial charge is 0.508 e. The van der Waals surface area contributed by atoms with Crippen molar-refractivity contribution in [3.63, 3.8) is 0 Å². The number of nitrogens with zero attached hydrogens (tertiary/aromatic N) is 3. The summed E-state index contributed by atoms with van der Waals surface area (Å²) in [7, 11) is 1.77. The summed E-state index contributed by atoms with van der Waals surface area (Å²) in [4.78, 5) is 19.7. The Morgan fingerprint density at radius 2 is 1.86 bits per heavy atom. The maximum Gasteiger partial charge on any atom is 0.258 e. The van der Waals surface area contributed by atoms with Gasteiger partial charge < -0.3 is 20.5 Å². The summed E-state index contributed by atoms with van der Waals surface area (Å²) in [6.07, 6.45) is 5.48. The topological polar surface area (TPSA) is 116 Å². The van der Waals surface area contributed by atoms with Gasteiger partial charge >= 0.3 is 0 Å². The Hall–Kier alpha value is -4.85. The van der Waals surface area contributed by atoms with Gasteiger partial charge in [0.2, 0.25) is 0 Å². The quantitative estimate of drug-likeness (QED) is 0.250. The van der Waals surface area contributed by atoms with Crippen LogP contribution in [0.1, 0.15) is 32.6 Å². The van der Waals surface area contributed by atoms with Crippen LogP contribution in [0.15, 0.2) is 78.0 Å². The van der Waals surface area contributed by atoms with E-state index in [-0.39, 0.29) is 17.5 Å². The molecule has 0 aliphatic carbocycles. The molecule has 2 aromatic heterocycles. The lowest BCUT2D eigenvalue weighted by atomic mass is 10.0. The van der Waals surface area contributed by atoms with Crippen LogP contribution in [0.5, 0.6) is 11.6 Å². The van der Waals surface area contributed by atoms with Crippen LogP contribution in [-0.2, 0) is 13.5 Å². The number of nitrogens with one attached hydrogen (secondary N) is 2. The SMILES string of the molecule is Cc1ccc(N=Cc2c(O)[nH]c3ccc(Cc4ccc(NC(=O)c5cnn(C)c5)cc4)cc23)cc1O. The summed E-state index contributed by atoms with van der Waals surface area (Å²) in [5.41, 5.74) is 6.12. The van der Waals surface area contributed by atoms with E-state index in [0.717, 1.165) is 27.6 Å². The minimum absolute atomic E-state index is 0.0379. The van der Waals surface area contributed by atoms with E-state index in [4.69, 9.17) is 0 Å². The van der Waals surface area contributed by atoms with Crippen LogP contribution in [-0.4, -0.2) is 37.1 Å². The van der Waals surface area contributed by atoms with Gasteiger partial charge in [0.1, 0.15) is 5.75 Å². The molecule has 5 rings (SSSR count). The van der Waals surface area contributed by atoms with Crippen molar-refractivity contribution in [3.05, 3.63) is 101 Å². The minimum atomic E-state index is -0.205. The van der Waals surface area contributed by atoms with Crippen molar-refractivity contribution in [2.45, 2.75) is 13.3 Å². The van der Waals surface area contributed by atoms with E-state index in [1.54, 1.807) is 36.3 Å². The third-order valence-electron chi connectivity index (χ3n) is 6.00. The Labute approximate surface area is 207 Å². The van der Waals surface area contributed by atoms with Crippen molar-refractivity contribution in [1.82, 2.24) is 14.8 Å². The Bertz CT molecular complexity index is 1600. The molecule has 2 heterocycles. The predicted octanol–water partition coefficient (Wildman–Crippen LogP) is 5.21. The summed E-state index contributed by atoms with van der Waals surface area (Å²) in [6.45, 7) is 1.82. The number of anilines is 1. The van der Waals surface area contributed by atoms with E-state index in [1.807, 2.05) is 55.5 Å². The zero-order chi connectivity index (χ0) is 25.2. The third-order valence-corrected chi connectivity index (χ3v) is 6.00. The van der Waals surface area contributed by atoms with Gasteiger partial charge in [-0.3, -0.25) is 14.5 Å². The molecule has 1 amide bonds. The van der Waals surface area contributed by atoms with Gasteiger partial charge in [-0.15, -0.1) is 0 Å². The first kappa shape index (κ1) is 22.9. The number of fused-ring (bicyclic) bond motifs is 1. The lowest BCUT2D eigenvalue weighted by molar-refractivity contribution is 0.102. The monoisotopic (exact) mass is 479 g/mol. The molecule has 0 unspecified atom stereocenters. The lowest BCUT2D eigenvalue weighted by Gasteiger charge is -2.06. The van der Waals surface area contributed by atoms with Gasteiger partial charge in [0, 0.05) is 42.1 Å². The number of aryl methyl sites for hydroxylation is 2. The molecule has 8 nitrogen and oxygen atoms in total. The zero-order valence-corrected chi connectivity index (χ0v) is 19.9. The summed E-state index contributed by atoms with van der Waals surface area (Å²) < 4.78 is 1.59. The second-order valence-corrected chi connectivity index (χ2v) is 8.73. The van der Waals surface area contributed by atoms with Gasteiger partial charge in [-0.1, -0.05) is 24.3 Å². The molecule has 0 saturated carbocycles. The number of benzene rings is 3. The number of H-pyrrole nitrogens is 1. The highest BCUT2D eigenvalue weighted by Crippen LogP contribution is 2.29. The van der Waals surface area contributed by atoms with Gasteiger partial charge in [-0.05, 0) is 60.4 Å². The highest BCUT2D eigenvalue weighted by atomic mass is 16.3. The number of hydrogen-bond acceptors (Lipinski definition) is 5. The Morgan fingerprint density at radius 3 is 2.58 bits per heavy atom. The zero-order valence-electron chi connectivity index (χ0n) is 19.9. The molecule has 4 N–H and O–H groups in total. The molecule has 0 saturated heterocycles. The number of aromatic hydroxyl groups is 2. The van der Waals surface area contributed by atoms with Crippen LogP contribution < -0.4 is 5.32 Å². The number of phenolic OH excluding ortho intramolecular Hbond substituents is 1. The normalized spacial score (nSPS) is 11.4. The predicted molar refractivity (Wildman–Crippen MR) is 140 cm³/mol. The second kappa shape index (κ2) is 9.42. The van der Waals surface area contributed by atoms with E-state index in [0.29, 0.717) is 28.9 Å². The molecule has 0 aliphatic rings. The van der Waals surface area contributed by atoms with E-state index in [9.17, 15) is 15.0 Å². The molecular formula is C28H25N5O3. The number of aromatic nitrogens is 3. The Morgan fingerprint density at radius 1 is 1.08 bits per heavy atom. The smallest absolute Gasteiger partial charge is 0.258 e. The van der Waals surface area contributed by atoms with Crippen LogP contribution in [0.4, 0.5) is 11.4 Å². The number of hydrogen-bond donors (Lipinski definition) is 4. The summed E-state index contributed by atoms with van der Waals surface area (Å²) in [5, 5.41) is 28.1. The Kier molecular flexibility index (Phi) is 6.00. The van der Waals surface area contributed by atoms with Crippen molar-refractivity contribution >= 4 is 34.4 Å². The second-order valence-electron chi connectivity index (χ2n) is 8.73. The molecule has 180 valence electrons. The van der Waals surface area contributed by atoms with Gasteiger partial charge in [0.15, 0.2) is 5.88 Å². The summed E-state index contributed by atoms with van der Waals surface area (Å²) >= 11 is 0. The van der Waals surface area contributed by atoms with E-state index < -0.39 is 0 Å². The number of aliphatic imine (C=N–C) groups is 1. The van der Waals surface area contributed by atoms with Crippen LogP contribution in [0.3, 0.4) is 0 Å². The lowest BCUT2D eigenvalue weighted by Crippen LogP contribution is -2.11. The number of carbonyl (C=O) groups is 1. The van der Waals surface area contributed by atoms with Crippen molar-refractivity contribution in [2.24, 2.45) is 12.0 Å². The highest BCUT2D eigenvalue weighted by Gasteiger charge is 2.11. The number of phenols is 1. The van der Waals surface area contributed by atoms with Crippen LogP contribution >= 0.6 is 0 Å². The standard InChI is InChI=1S/C28H25N5O3/c1-17-3-7-22(13-26(17)34)29-15-24-23-12-19(6-10-25(23)32-28(24)36)11-18-4-8-21(9-5-18)31-27(35)20-14-30-33(2)16-20/h3-10,12-16,32,34,36H,11H2,1-2H3,(H,31,35). The molecule has 36 heavy (non-hydrogen) atoms. The van der Waals surface area contributed by atoms with Crippen molar-refractivity contribution in [1.29, 1.82) is 0 Å². The summed E-state index contributed by atoms with van der Waals surface area (Å²) in [5.74, 6) is 0.0114. The molecule has 5 aromatic rings. The van der Waals surface area contributed by atoms with Crippen molar-refractivity contribution in [2.75, 3.05) is 5.32 Å². The molecule has 8 heteroatoms. The molecule has 0 fully saturated rings. The first-order valence-corrected chi connectivity index (χ1v) is 11.4. The Balaban J connectivity index is 1.33. The molecule has 0 atom stereocenters. The molecule has 0 radical (unpaired) electrons.